The van der Waals surface area contributed by atoms with E-state index in [1.54, 1.807) is 24.3 Å². The van der Waals surface area contributed by atoms with Crippen LogP contribution in [-0.2, 0) is 0 Å². The van der Waals surface area contributed by atoms with Crippen LogP contribution in [0.3, 0.4) is 0 Å². The Hall–Kier alpha value is -2.20. The Morgan fingerprint density at radius 3 is 2.55 bits per heavy atom. The van der Waals surface area contributed by atoms with E-state index in [1.165, 1.54) is 0 Å². The smallest absolute Gasteiger partial charge is 0.271 e. The van der Waals surface area contributed by atoms with Crippen LogP contribution in [-0.4, -0.2) is 5.91 Å². The normalized spacial score (nSPS) is 10.2. The summed E-state index contributed by atoms with van der Waals surface area (Å²) in [6.07, 6.45) is 0. The second kappa shape index (κ2) is 5.84. The van der Waals surface area contributed by atoms with Crippen LogP contribution in [0.4, 0.5) is 0 Å². The van der Waals surface area contributed by atoms with Crippen molar-refractivity contribution in [3.8, 4) is 0 Å². The fraction of sp³-hybridized carbons (Fsp3) is 0.133. The lowest BCUT2D eigenvalue weighted by atomic mass is 10.2. The van der Waals surface area contributed by atoms with Crippen LogP contribution in [0.1, 0.15) is 27.4 Å². The molecule has 4 nitrogen and oxygen atoms in total. The van der Waals surface area contributed by atoms with Gasteiger partial charge in [0.25, 0.3) is 5.91 Å². The fourth-order valence-corrected chi connectivity index (χ4v) is 2.06. The van der Waals surface area contributed by atoms with Gasteiger partial charge >= 0.3 is 0 Å². The number of furan rings is 1. The van der Waals surface area contributed by atoms with E-state index in [2.05, 4.69) is 17.4 Å². The summed E-state index contributed by atoms with van der Waals surface area (Å²) in [7, 11) is 0. The molecule has 0 aliphatic heterocycles. The third-order valence-corrected chi connectivity index (χ3v) is 3.09. The van der Waals surface area contributed by atoms with E-state index in [0.29, 0.717) is 22.0 Å². The minimum absolute atomic E-state index is 0.335. The lowest BCUT2D eigenvalue weighted by molar-refractivity contribution is 0.0942. The van der Waals surface area contributed by atoms with Crippen molar-refractivity contribution >= 4 is 23.2 Å². The number of benzene rings is 1. The van der Waals surface area contributed by atoms with Gasteiger partial charge in [-0.1, -0.05) is 30.3 Å². The molecule has 2 aromatic rings. The molecule has 0 atom stereocenters. The summed E-state index contributed by atoms with van der Waals surface area (Å²) in [4.78, 5) is 12.0. The molecule has 20 heavy (non-hydrogen) atoms. The molecule has 5 heteroatoms. The number of hydrazine groups is 1. The van der Waals surface area contributed by atoms with Crippen molar-refractivity contribution in [2.75, 3.05) is 0 Å². The molecule has 1 aromatic carbocycles. The molecule has 0 bridgehead atoms. The van der Waals surface area contributed by atoms with E-state index in [9.17, 15) is 4.79 Å². The minimum atomic E-state index is -0.335. The van der Waals surface area contributed by atoms with Crippen molar-refractivity contribution in [1.29, 1.82) is 0 Å². The summed E-state index contributed by atoms with van der Waals surface area (Å²) in [5, 5.41) is 0.391. The monoisotopic (exact) mass is 290 g/mol. The quantitative estimate of drug-likeness (QED) is 0.848. The van der Waals surface area contributed by atoms with Gasteiger partial charge in [0.05, 0.1) is 16.3 Å². The standard InChI is InChI=1S/C15H15ClN2O2/c1-9-8-10(2)20-14(9)11(3)17-18-15(19)12-6-4-5-7-13(12)16/h4-8,17H,3H2,1-2H3,(H,18,19). The maximum Gasteiger partial charge on any atom is 0.271 e. The van der Waals surface area contributed by atoms with E-state index >= 15 is 0 Å². The molecule has 1 amide bonds. The van der Waals surface area contributed by atoms with Gasteiger partial charge in [-0.2, -0.15) is 0 Å². The lowest BCUT2D eigenvalue weighted by Crippen LogP contribution is -2.36. The first kappa shape index (κ1) is 14.2. The number of carbonyl (C=O) groups is 1. The largest absolute Gasteiger partial charge is 0.460 e. The van der Waals surface area contributed by atoms with Crippen molar-refractivity contribution in [3.05, 3.63) is 64.6 Å². The molecular weight excluding hydrogens is 276 g/mol. The minimum Gasteiger partial charge on any atom is -0.460 e. The molecule has 104 valence electrons. The van der Waals surface area contributed by atoms with Gasteiger partial charge < -0.3 is 4.42 Å². The van der Waals surface area contributed by atoms with Crippen LogP contribution < -0.4 is 10.9 Å². The van der Waals surface area contributed by atoms with E-state index in [-0.39, 0.29) is 5.91 Å². The van der Waals surface area contributed by atoms with Gasteiger partial charge in [-0.15, -0.1) is 0 Å². The molecule has 0 saturated heterocycles. The highest BCUT2D eigenvalue weighted by Crippen LogP contribution is 2.19. The number of rotatable bonds is 4. The number of amides is 1. The number of hydrogen-bond donors (Lipinski definition) is 2. The van der Waals surface area contributed by atoms with E-state index in [4.69, 9.17) is 16.0 Å². The van der Waals surface area contributed by atoms with Crippen molar-refractivity contribution in [2.24, 2.45) is 0 Å². The molecule has 0 aliphatic rings. The van der Waals surface area contributed by atoms with Crippen LogP contribution in [0, 0.1) is 13.8 Å². The van der Waals surface area contributed by atoms with Crippen molar-refractivity contribution < 1.29 is 9.21 Å². The van der Waals surface area contributed by atoms with Gasteiger partial charge in [0.15, 0.2) is 5.76 Å². The van der Waals surface area contributed by atoms with Gasteiger partial charge in [-0.3, -0.25) is 15.6 Å². The van der Waals surface area contributed by atoms with Crippen molar-refractivity contribution in [1.82, 2.24) is 10.9 Å². The second-order valence-corrected chi connectivity index (χ2v) is 4.81. The highest BCUT2D eigenvalue weighted by molar-refractivity contribution is 6.33. The number of carbonyl (C=O) groups excluding carboxylic acids is 1. The number of aryl methyl sites for hydroxylation is 2. The SMILES string of the molecule is C=C(NNC(=O)c1ccccc1Cl)c1oc(C)cc1C. The molecule has 2 rings (SSSR count). The third-order valence-electron chi connectivity index (χ3n) is 2.76. The van der Waals surface area contributed by atoms with Gasteiger partial charge in [0, 0.05) is 0 Å². The Balaban J connectivity index is 2.02. The van der Waals surface area contributed by atoms with Crippen LogP contribution in [0.2, 0.25) is 5.02 Å². The zero-order chi connectivity index (χ0) is 14.7. The predicted octanol–water partition coefficient (Wildman–Crippen LogP) is 3.46. The molecular formula is C15H15ClN2O2. The van der Waals surface area contributed by atoms with Gasteiger partial charge in [-0.05, 0) is 37.6 Å². The van der Waals surface area contributed by atoms with Gasteiger partial charge in [0.1, 0.15) is 5.76 Å². The maximum absolute atomic E-state index is 12.0. The summed E-state index contributed by atoms with van der Waals surface area (Å²) in [5.74, 6) is 1.07. The van der Waals surface area contributed by atoms with Crippen LogP contribution >= 0.6 is 11.6 Å². The Morgan fingerprint density at radius 2 is 1.95 bits per heavy atom. The molecule has 1 aromatic heterocycles. The highest BCUT2D eigenvalue weighted by atomic mass is 35.5. The Morgan fingerprint density at radius 1 is 1.25 bits per heavy atom. The van der Waals surface area contributed by atoms with E-state index in [1.807, 2.05) is 19.9 Å². The molecule has 0 fully saturated rings. The van der Waals surface area contributed by atoms with Crippen LogP contribution in [0.15, 0.2) is 41.3 Å². The van der Waals surface area contributed by atoms with Crippen LogP contribution in [0.5, 0.6) is 0 Å². The zero-order valence-electron chi connectivity index (χ0n) is 11.3. The third kappa shape index (κ3) is 3.03. The summed E-state index contributed by atoms with van der Waals surface area (Å²) in [6, 6.07) is 8.71. The van der Waals surface area contributed by atoms with Gasteiger partial charge in [0.2, 0.25) is 0 Å². The van der Waals surface area contributed by atoms with E-state index in [0.717, 1.165) is 11.3 Å². The number of hydrogen-bond acceptors (Lipinski definition) is 3. The Bertz CT molecular complexity index is 662. The number of nitrogens with one attached hydrogen (secondary N) is 2. The Kier molecular flexibility index (Phi) is 4.15. The van der Waals surface area contributed by atoms with Crippen LogP contribution in [0.25, 0.3) is 5.70 Å². The fourth-order valence-electron chi connectivity index (χ4n) is 1.84. The van der Waals surface area contributed by atoms with Gasteiger partial charge in [-0.25, -0.2) is 0 Å². The maximum atomic E-state index is 12.0. The Labute approximate surface area is 122 Å². The first-order valence-corrected chi connectivity index (χ1v) is 6.44. The molecule has 0 saturated carbocycles. The summed E-state index contributed by atoms with van der Waals surface area (Å²) < 4.78 is 5.50. The topological polar surface area (TPSA) is 54.3 Å². The van der Waals surface area contributed by atoms with E-state index < -0.39 is 0 Å². The number of halogens is 1. The summed E-state index contributed by atoms with van der Waals surface area (Å²) >= 11 is 5.95. The zero-order valence-corrected chi connectivity index (χ0v) is 12.0. The predicted molar refractivity (Wildman–Crippen MR) is 79.3 cm³/mol. The second-order valence-electron chi connectivity index (χ2n) is 4.41. The average Bonchev–Trinajstić information content (AvgIpc) is 2.75. The summed E-state index contributed by atoms with van der Waals surface area (Å²) in [6.45, 7) is 7.60. The molecule has 0 spiro atoms. The molecule has 0 aliphatic carbocycles. The first-order chi connectivity index (χ1) is 9.49. The average molecular weight is 291 g/mol. The molecule has 1 heterocycles. The van der Waals surface area contributed by atoms with Crippen molar-refractivity contribution in [2.45, 2.75) is 13.8 Å². The molecule has 2 N–H and O–H groups in total. The molecule has 0 radical (unpaired) electrons. The highest BCUT2D eigenvalue weighted by Gasteiger charge is 2.12. The lowest BCUT2D eigenvalue weighted by Gasteiger charge is -2.10. The molecule has 0 unspecified atom stereocenters. The summed E-state index contributed by atoms with van der Waals surface area (Å²) in [5.41, 5.74) is 7.10. The first-order valence-electron chi connectivity index (χ1n) is 6.06. The van der Waals surface area contributed by atoms with Crippen molar-refractivity contribution in [3.63, 3.8) is 0 Å².